The summed E-state index contributed by atoms with van der Waals surface area (Å²) >= 11 is 5.37. The lowest BCUT2D eigenvalue weighted by Gasteiger charge is -2.18. The van der Waals surface area contributed by atoms with Crippen LogP contribution >= 0.6 is 27.7 Å². The number of benzene rings is 1. The van der Waals surface area contributed by atoms with Crippen molar-refractivity contribution in [1.82, 2.24) is 4.98 Å². The summed E-state index contributed by atoms with van der Waals surface area (Å²) in [5.74, 6) is 0.799. The highest BCUT2D eigenvalue weighted by Crippen LogP contribution is 2.32. The number of pyridine rings is 1. The van der Waals surface area contributed by atoms with Gasteiger partial charge < -0.3 is 9.47 Å². The highest BCUT2D eigenvalue weighted by atomic mass is 79.9. The van der Waals surface area contributed by atoms with E-state index in [-0.39, 0.29) is 12.1 Å². The molecule has 1 aliphatic heterocycles. The molecule has 29 heavy (non-hydrogen) atoms. The fourth-order valence-corrected chi connectivity index (χ4v) is 4.40. The zero-order chi connectivity index (χ0) is 20.6. The molecular weight excluding hydrogens is 448 g/mol. The van der Waals surface area contributed by atoms with Crippen LogP contribution in [0.15, 0.2) is 50.9 Å². The van der Waals surface area contributed by atoms with Crippen LogP contribution in [0.1, 0.15) is 49.1 Å². The van der Waals surface area contributed by atoms with E-state index in [1.807, 2.05) is 0 Å². The summed E-state index contributed by atoms with van der Waals surface area (Å²) < 4.78 is 12.6. The van der Waals surface area contributed by atoms with Gasteiger partial charge in [0.15, 0.2) is 5.90 Å². The van der Waals surface area contributed by atoms with E-state index in [1.165, 1.54) is 23.3 Å². The fraction of sp³-hybridized carbons (Fsp3) is 0.478. The minimum atomic E-state index is -0.0844. The molecule has 1 aromatic heterocycles. The number of aliphatic imine (C=N–C) groups is 1. The van der Waals surface area contributed by atoms with Gasteiger partial charge in [0.25, 0.3) is 0 Å². The molecule has 0 aliphatic carbocycles. The predicted molar refractivity (Wildman–Crippen MR) is 124 cm³/mol. The summed E-state index contributed by atoms with van der Waals surface area (Å²) in [6.07, 6.45) is 6.98. The van der Waals surface area contributed by atoms with Crippen LogP contribution in [0, 0.1) is 0 Å². The third kappa shape index (κ3) is 6.06. The van der Waals surface area contributed by atoms with E-state index >= 15 is 0 Å². The Hall–Kier alpha value is -1.37. The van der Waals surface area contributed by atoms with Gasteiger partial charge in [-0.05, 0) is 70.8 Å². The van der Waals surface area contributed by atoms with Crippen LogP contribution in [0.4, 0.5) is 0 Å². The zero-order valence-electron chi connectivity index (χ0n) is 17.4. The number of aromatic nitrogens is 1. The van der Waals surface area contributed by atoms with Crippen molar-refractivity contribution in [3.05, 3.63) is 57.8 Å². The van der Waals surface area contributed by atoms with Crippen LogP contribution in [-0.2, 0) is 22.3 Å². The van der Waals surface area contributed by atoms with Crippen molar-refractivity contribution in [1.29, 1.82) is 0 Å². The number of ether oxygens (including phenoxy) is 2. The number of unbranched alkanes of at least 4 members (excludes halogenated alkanes) is 1. The lowest BCUT2D eigenvalue weighted by molar-refractivity contribution is 0.119. The molecule has 6 heteroatoms. The number of hydrogen-bond donors (Lipinski definition) is 0. The molecule has 0 fully saturated rings. The molecule has 2 heterocycles. The van der Waals surface area contributed by atoms with Gasteiger partial charge in [0, 0.05) is 24.1 Å². The summed E-state index contributed by atoms with van der Waals surface area (Å²) in [5, 5.41) is 0. The number of hydrogen-bond acceptors (Lipinski definition) is 5. The lowest BCUT2D eigenvalue weighted by Crippen LogP contribution is -2.19. The highest BCUT2D eigenvalue weighted by molar-refractivity contribution is 9.10. The van der Waals surface area contributed by atoms with Gasteiger partial charge in [0.1, 0.15) is 16.7 Å². The number of nitrogens with zero attached hydrogens (tertiary/aromatic N) is 2. The maximum absolute atomic E-state index is 6.25. The average Bonchev–Trinajstić information content (AvgIpc) is 3.14. The van der Waals surface area contributed by atoms with Crippen molar-refractivity contribution in [2.45, 2.75) is 56.1 Å². The second-order valence-corrected chi connectivity index (χ2v) is 8.84. The Bertz CT molecular complexity index is 826. The molecule has 0 saturated carbocycles. The first kappa shape index (κ1) is 22.3. The molecule has 0 N–H and O–H groups in total. The summed E-state index contributed by atoms with van der Waals surface area (Å²) in [5.41, 5.74) is 3.48. The van der Waals surface area contributed by atoms with Gasteiger partial charge in [0.05, 0.1) is 6.61 Å². The van der Waals surface area contributed by atoms with E-state index in [2.05, 4.69) is 65.5 Å². The van der Waals surface area contributed by atoms with Crippen LogP contribution in [0.3, 0.4) is 0 Å². The van der Waals surface area contributed by atoms with Crippen molar-refractivity contribution in [2.24, 2.45) is 4.99 Å². The smallest absolute Gasteiger partial charge is 0.184 e. The Balaban J connectivity index is 1.64. The average molecular weight is 477 g/mol. The van der Waals surface area contributed by atoms with Gasteiger partial charge in [0.2, 0.25) is 0 Å². The molecule has 0 saturated heterocycles. The molecule has 0 bridgehead atoms. The Morgan fingerprint density at radius 1 is 1.10 bits per heavy atom. The molecule has 1 aromatic carbocycles. The first-order valence-corrected chi connectivity index (χ1v) is 12.2. The highest BCUT2D eigenvalue weighted by Gasteiger charge is 2.32. The summed E-state index contributed by atoms with van der Waals surface area (Å²) in [6, 6.07) is 12.8. The molecule has 3 rings (SSSR count). The molecule has 156 valence electrons. The molecule has 1 aliphatic rings. The van der Waals surface area contributed by atoms with Gasteiger partial charge >= 0.3 is 0 Å². The molecule has 1 unspecified atom stereocenters. The molecule has 2 atom stereocenters. The molecule has 0 radical (unpaired) electrons. The second kappa shape index (κ2) is 11.1. The molecular formula is C23H29BrN2O2S. The standard InChI is InChI=1S/C23H29BrN2O2S/c1-4-5-6-18-11-7-17(23(24)25-18)10-14-21-26-20(15-27-2)22(28-21)16-8-12-19(29-3)13-9-16/h7-9,11-13,20,22H,4-6,10,14-15H2,1-3H3/t20?,22-/m0/s1. The largest absolute Gasteiger partial charge is 0.471 e. The zero-order valence-corrected chi connectivity index (χ0v) is 19.8. The van der Waals surface area contributed by atoms with Crippen LogP contribution in [0.25, 0.3) is 0 Å². The van der Waals surface area contributed by atoms with Crippen LogP contribution in [0.5, 0.6) is 0 Å². The monoisotopic (exact) mass is 476 g/mol. The third-order valence-corrected chi connectivity index (χ3v) is 6.51. The lowest BCUT2D eigenvalue weighted by atomic mass is 10.0. The summed E-state index contributed by atoms with van der Waals surface area (Å²) in [4.78, 5) is 10.7. The summed E-state index contributed by atoms with van der Waals surface area (Å²) in [7, 11) is 1.71. The normalized spacial score (nSPS) is 18.6. The topological polar surface area (TPSA) is 43.7 Å². The van der Waals surface area contributed by atoms with Gasteiger partial charge in [-0.3, -0.25) is 0 Å². The van der Waals surface area contributed by atoms with E-state index in [0.717, 1.165) is 41.0 Å². The molecule has 2 aromatic rings. The molecule has 0 spiro atoms. The van der Waals surface area contributed by atoms with E-state index in [0.29, 0.717) is 6.61 Å². The van der Waals surface area contributed by atoms with Crippen molar-refractivity contribution in [2.75, 3.05) is 20.0 Å². The molecule has 0 amide bonds. The number of rotatable bonds is 10. The minimum absolute atomic E-state index is 0.00637. The first-order valence-electron chi connectivity index (χ1n) is 10.1. The van der Waals surface area contributed by atoms with E-state index in [4.69, 9.17) is 19.5 Å². The van der Waals surface area contributed by atoms with Gasteiger partial charge in [-0.25, -0.2) is 9.98 Å². The minimum Gasteiger partial charge on any atom is -0.471 e. The summed E-state index contributed by atoms with van der Waals surface area (Å²) in [6.45, 7) is 2.75. The van der Waals surface area contributed by atoms with E-state index in [9.17, 15) is 0 Å². The number of thioether (sulfide) groups is 1. The Morgan fingerprint density at radius 2 is 1.90 bits per heavy atom. The predicted octanol–water partition coefficient (Wildman–Crippen LogP) is 6.03. The van der Waals surface area contributed by atoms with Gasteiger partial charge in [-0.1, -0.05) is 31.5 Å². The van der Waals surface area contributed by atoms with Crippen molar-refractivity contribution in [3.8, 4) is 0 Å². The second-order valence-electron chi connectivity index (χ2n) is 7.21. The van der Waals surface area contributed by atoms with Crippen molar-refractivity contribution < 1.29 is 9.47 Å². The Kier molecular flexibility index (Phi) is 8.57. The Labute approximate surface area is 186 Å². The van der Waals surface area contributed by atoms with E-state index < -0.39 is 0 Å². The van der Waals surface area contributed by atoms with Crippen LogP contribution in [-0.4, -0.2) is 36.9 Å². The number of aryl methyl sites for hydroxylation is 2. The Morgan fingerprint density at radius 3 is 2.55 bits per heavy atom. The maximum Gasteiger partial charge on any atom is 0.184 e. The third-order valence-electron chi connectivity index (χ3n) is 5.08. The van der Waals surface area contributed by atoms with Crippen molar-refractivity contribution >= 4 is 33.6 Å². The maximum atomic E-state index is 6.25. The number of methoxy groups -OCH3 is 1. The van der Waals surface area contributed by atoms with Crippen molar-refractivity contribution in [3.63, 3.8) is 0 Å². The van der Waals surface area contributed by atoms with Gasteiger partial charge in [-0.15, -0.1) is 11.8 Å². The molecule has 4 nitrogen and oxygen atoms in total. The first-order chi connectivity index (χ1) is 14.1. The van der Waals surface area contributed by atoms with Crippen LogP contribution in [0.2, 0.25) is 0 Å². The van der Waals surface area contributed by atoms with Gasteiger partial charge in [-0.2, -0.15) is 0 Å². The SMILES string of the molecule is CCCCc1ccc(CCC2=NC(COC)[C@H](c3ccc(SC)cc3)O2)c(Br)n1. The quantitative estimate of drug-likeness (QED) is 0.310. The van der Waals surface area contributed by atoms with Crippen LogP contribution < -0.4 is 0 Å². The number of halogens is 1. The van der Waals surface area contributed by atoms with E-state index in [1.54, 1.807) is 18.9 Å². The fourth-order valence-electron chi connectivity index (χ4n) is 3.44.